The molecule has 112 valence electrons. The smallest absolute Gasteiger partial charge is 0.257 e. The summed E-state index contributed by atoms with van der Waals surface area (Å²) in [6, 6.07) is 1.92. The molecule has 1 aromatic rings. The first-order valence-corrected chi connectivity index (χ1v) is 7.21. The zero-order valence-corrected chi connectivity index (χ0v) is 12.6. The first kappa shape index (κ1) is 16.4. The van der Waals surface area contributed by atoms with Crippen LogP contribution in [0, 0.1) is 0 Å². The number of amides is 1. The summed E-state index contributed by atoms with van der Waals surface area (Å²) >= 11 is 0. The van der Waals surface area contributed by atoms with E-state index in [1.807, 2.05) is 19.9 Å². The molecule has 0 radical (unpaired) electrons. The van der Waals surface area contributed by atoms with Crippen molar-refractivity contribution in [3.05, 3.63) is 24.0 Å². The van der Waals surface area contributed by atoms with Gasteiger partial charge in [-0.15, -0.1) is 0 Å². The van der Waals surface area contributed by atoms with E-state index in [-0.39, 0.29) is 18.6 Å². The van der Waals surface area contributed by atoms with Crippen molar-refractivity contribution in [3.63, 3.8) is 0 Å². The second-order valence-corrected chi connectivity index (χ2v) is 5.02. The molecule has 0 aliphatic rings. The summed E-state index contributed by atoms with van der Waals surface area (Å²) in [5.74, 6) is -0.0415. The first-order chi connectivity index (χ1) is 9.61. The Bertz CT molecular complexity index is 421. The number of rotatable bonds is 8. The quantitative estimate of drug-likeness (QED) is 0.765. The predicted octanol–water partition coefficient (Wildman–Crippen LogP) is 2.14. The van der Waals surface area contributed by atoms with Gasteiger partial charge in [-0.1, -0.05) is 6.92 Å². The molecule has 5 nitrogen and oxygen atoms in total. The molecule has 0 bridgehead atoms. The van der Waals surface area contributed by atoms with Gasteiger partial charge >= 0.3 is 0 Å². The first-order valence-electron chi connectivity index (χ1n) is 7.21. The van der Waals surface area contributed by atoms with Crippen LogP contribution in [0.1, 0.15) is 44.0 Å². The van der Waals surface area contributed by atoms with Crippen molar-refractivity contribution in [2.75, 3.05) is 25.0 Å². The average Bonchev–Trinajstić information content (AvgIpc) is 2.45. The van der Waals surface area contributed by atoms with Crippen LogP contribution >= 0.6 is 0 Å². The van der Waals surface area contributed by atoms with Gasteiger partial charge in [-0.2, -0.15) is 0 Å². The third kappa shape index (κ3) is 4.49. The van der Waals surface area contributed by atoms with Gasteiger partial charge in [-0.05, 0) is 32.8 Å². The van der Waals surface area contributed by atoms with Crippen molar-refractivity contribution in [1.82, 2.24) is 9.88 Å². The predicted molar refractivity (Wildman–Crippen MR) is 80.9 cm³/mol. The molecule has 0 saturated heterocycles. The van der Waals surface area contributed by atoms with Gasteiger partial charge in [0.25, 0.3) is 5.91 Å². The summed E-state index contributed by atoms with van der Waals surface area (Å²) in [6.45, 7) is 7.50. The van der Waals surface area contributed by atoms with Crippen molar-refractivity contribution in [3.8, 4) is 0 Å². The Morgan fingerprint density at radius 2 is 2.25 bits per heavy atom. The lowest BCUT2D eigenvalue weighted by molar-refractivity contribution is 0.0693. The lowest BCUT2D eigenvalue weighted by atomic mass is 10.1. The molecule has 1 heterocycles. The number of pyridine rings is 1. The second-order valence-electron chi connectivity index (χ2n) is 5.02. The number of aromatic nitrogens is 1. The molecule has 1 aromatic heterocycles. The van der Waals surface area contributed by atoms with E-state index < -0.39 is 0 Å². The number of anilines is 1. The maximum absolute atomic E-state index is 12.6. The van der Waals surface area contributed by atoms with Gasteiger partial charge in [0.2, 0.25) is 0 Å². The molecular weight excluding hydrogens is 254 g/mol. The number of carbonyl (C=O) groups is 1. The molecule has 5 heteroatoms. The third-order valence-corrected chi connectivity index (χ3v) is 3.06. The van der Waals surface area contributed by atoms with E-state index >= 15 is 0 Å². The van der Waals surface area contributed by atoms with E-state index in [0.717, 1.165) is 18.7 Å². The minimum absolute atomic E-state index is 0.0415. The van der Waals surface area contributed by atoms with Crippen LogP contribution in [0.15, 0.2) is 18.5 Å². The van der Waals surface area contributed by atoms with Crippen molar-refractivity contribution in [2.24, 2.45) is 0 Å². The summed E-state index contributed by atoms with van der Waals surface area (Å²) in [7, 11) is 0. The Labute approximate surface area is 121 Å². The molecule has 0 unspecified atom stereocenters. The number of carbonyl (C=O) groups excluding carboxylic acids is 1. The van der Waals surface area contributed by atoms with Gasteiger partial charge in [0.15, 0.2) is 0 Å². The normalized spacial score (nSPS) is 10.7. The topological polar surface area (TPSA) is 65.5 Å². The molecule has 0 aliphatic heterocycles. The SMILES string of the molecule is CCCNc1ccncc1C(=O)N(CCCO)C(C)C. The maximum atomic E-state index is 12.6. The summed E-state index contributed by atoms with van der Waals surface area (Å²) in [4.78, 5) is 18.5. The lowest BCUT2D eigenvalue weighted by Gasteiger charge is -2.27. The molecule has 1 rings (SSSR count). The van der Waals surface area contributed by atoms with Crippen LogP contribution in [0.4, 0.5) is 5.69 Å². The van der Waals surface area contributed by atoms with Crippen LogP contribution < -0.4 is 5.32 Å². The average molecular weight is 279 g/mol. The summed E-state index contributed by atoms with van der Waals surface area (Å²) < 4.78 is 0. The molecule has 0 aliphatic carbocycles. The molecule has 0 spiro atoms. The zero-order chi connectivity index (χ0) is 15.0. The fourth-order valence-corrected chi connectivity index (χ4v) is 1.97. The number of aliphatic hydroxyl groups excluding tert-OH is 1. The van der Waals surface area contributed by atoms with Crippen LogP contribution in [-0.4, -0.2) is 46.6 Å². The van der Waals surface area contributed by atoms with Crippen LogP contribution in [0.5, 0.6) is 0 Å². The number of hydrogen-bond acceptors (Lipinski definition) is 4. The minimum Gasteiger partial charge on any atom is -0.396 e. The molecular formula is C15H25N3O2. The fraction of sp³-hybridized carbons (Fsp3) is 0.600. The second kappa shape index (κ2) is 8.53. The Hall–Kier alpha value is -1.62. The molecule has 0 fully saturated rings. The van der Waals surface area contributed by atoms with Crippen molar-refractivity contribution >= 4 is 11.6 Å². The van der Waals surface area contributed by atoms with Gasteiger partial charge in [-0.3, -0.25) is 9.78 Å². The summed E-state index contributed by atoms with van der Waals surface area (Å²) in [6.07, 6.45) is 4.87. The maximum Gasteiger partial charge on any atom is 0.257 e. The van der Waals surface area contributed by atoms with Crippen LogP contribution in [-0.2, 0) is 0 Å². The highest BCUT2D eigenvalue weighted by Crippen LogP contribution is 2.17. The Kier molecular flexibility index (Phi) is 7.01. The highest BCUT2D eigenvalue weighted by atomic mass is 16.3. The lowest BCUT2D eigenvalue weighted by Crippen LogP contribution is -2.38. The largest absolute Gasteiger partial charge is 0.396 e. The number of aliphatic hydroxyl groups is 1. The van der Waals surface area contributed by atoms with Gasteiger partial charge in [0.1, 0.15) is 0 Å². The van der Waals surface area contributed by atoms with Crippen LogP contribution in [0.3, 0.4) is 0 Å². The number of nitrogens with zero attached hydrogens (tertiary/aromatic N) is 2. The van der Waals surface area contributed by atoms with Crippen LogP contribution in [0.2, 0.25) is 0 Å². The molecule has 1 amide bonds. The third-order valence-electron chi connectivity index (χ3n) is 3.06. The van der Waals surface area contributed by atoms with Crippen LogP contribution in [0.25, 0.3) is 0 Å². The van der Waals surface area contributed by atoms with E-state index in [9.17, 15) is 4.79 Å². The van der Waals surface area contributed by atoms with E-state index in [2.05, 4.69) is 17.2 Å². The number of nitrogens with one attached hydrogen (secondary N) is 1. The Morgan fingerprint density at radius 3 is 2.85 bits per heavy atom. The standard InChI is InChI=1S/C15H25N3O2/c1-4-7-17-14-6-8-16-11-13(14)15(20)18(12(2)3)9-5-10-19/h6,8,11-12,19H,4-5,7,9-10H2,1-3H3,(H,16,17). The number of hydrogen-bond donors (Lipinski definition) is 2. The minimum atomic E-state index is -0.0415. The van der Waals surface area contributed by atoms with Gasteiger partial charge in [0.05, 0.1) is 11.3 Å². The van der Waals surface area contributed by atoms with Crippen molar-refractivity contribution in [1.29, 1.82) is 0 Å². The Balaban J connectivity index is 2.93. The summed E-state index contributed by atoms with van der Waals surface area (Å²) in [5.41, 5.74) is 1.41. The molecule has 0 aromatic carbocycles. The van der Waals surface area contributed by atoms with Crippen molar-refractivity contribution < 1.29 is 9.90 Å². The Morgan fingerprint density at radius 1 is 1.50 bits per heavy atom. The van der Waals surface area contributed by atoms with Gasteiger partial charge in [-0.25, -0.2) is 0 Å². The van der Waals surface area contributed by atoms with E-state index in [1.54, 1.807) is 17.3 Å². The molecule has 20 heavy (non-hydrogen) atoms. The highest BCUT2D eigenvalue weighted by molar-refractivity contribution is 5.99. The molecule has 2 N–H and O–H groups in total. The monoisotopic (exact) mass is 279 g/mol. The molecule has 0 saturated carbocycles. The zero-order valence-electron chi connectivity index (χ0n) is 12.6. The van der Waals surface area contributed by atoms with E-state index in [1.165, 1.54) is 0 Å². The summed E-state index contributed by atoms with van der Waals surface area (Å²) in [5, 5.41) is 12.2. The highest BCUT2D eigenvalue weighted by Gasteiger charge is 2.21. The van der Waals surface area contributed by atoms with E-state index in [0.29, 0.717) is 18.5 Å². The van der Waals surface area contributed by atoms with Gasteiger partial charge in [0, 0.05) is 38.1 Å². The van der Waals surface area contributed by atoms with Crippen molar-refractivity contribution in [2.45, 2.75) is 39.7 Å². The molecule has 0 atom stereocenters. The fourth-order valence-electron chi connectivity index (χ4n) is 1.97. The van der Waals surface area contributed by atoms with E-state index in [4.69, 9.17) is 5.11 Å². The van der Waals surface area contributed by atoms with Gasteiger partial charge < -0.3 is 15.3 Å².